The fourth-order valence-corrected chi connectivity index (χ4v) is 3.31. The third kappa shape index (κ3) is 3.03. The third-order valence-corrected chi connectivity index (χ3v) is 4.56. The van der Waals surface area contributed by atoms with Crippen LogP contribution < -0.4 is 5.32 Å². The van der Waals surface area contributed by atoms with Crippen LogP contribution in [0.2, 0.25) is 0 Å². The predicted octanol–water partition coefficient (Wildman–Crippen LogP) is 1.74. The van der Waals surface area contributed by atoms with Gasteiger partial charge in [0.05, 0.1) is 6.54 Å². The molecule has 1 atom stereocenters. The minimum atomic E-state index is 0.767. The Morgan fingerprint density at radius 1 is 1.47 bits per heavy atom. The van der Waals surface area contributed by atoms with Crippen molar-refractivity contribution < 1.29 is 0 Å². The molecule has 1 aliphatic carbocycles. The second-order valence-electron chi connectivity index (χ2n) is 4.69. The molecule has 1 saturated carbocycles. The lowest BCUT2D eigenvalue weighted by Crippen LogP contribution is -2.22. The van der Waals surface area contributed by atoms with Gasteiger partial charge in [-0.05, 0) is 31.2 Å². The maximum absolute atomic E-state index is 4.56. The Hall–Kier alpha value is -0.970. The second-order valence-corrected chi connectivity index (χ2v) is 5.92. The highest BCUT2D eigenvalue weighted by molar-refractivity contribution is 8.14. The minimum Gasteiger partial charge on any atom is -0.365 e. The van der Waals surface area contributed by atoms with E-state index in [0.717, 1.165) is 42.4 Å². The van der Waals surface area contributed by atoms with Gasteiger partial charge in [-0.1, -0.05) is 11.8 Å². The van der Waals surface area contributed by atoms with Gasteiger partial charge in [-0.3, -0.25) is 9.67 Å². The highest BCUT2D eigenvalue weighted by Gasteiger charge is 2.35. The van der Waals surface area contributed by atoms with Crippen LogP contribution in [0.5, 0.6) is 0 Å². The summed E-state index contributed by atoms with van der Waals surface area (Å²) in [6.07, 6.45) is 7.75. The van der Waals surface area contributed by atoms with E-state index in [0.29, 0.717) is 0 Å². The SMILES string of the molecule is c1cnn(CCCNC2=NCC(C3CC3)S2)c1. The van der Waals surface area contributed by atoms with Crippen LogP contribution in [0, 0.1) is 5.92 Å². The summed E-state index contributed by atoms with van der Waals surface area (Å²) in [7, 11) is 0. The molecule has 4 nitrogen and oxygen atoms in total. The van der Waals surface area contributed by atoms with Crippen LogP contribution in [0.25, 0.3) is 0 Å². The van der Waals surface area contributed by atoms with Crippen LogP contribution >= 0.6 is 11.8 Å². The van der Waals surface area contributed by atoms with Crippen molar-refractivity contribution in [2.45, 2.75) is 31.1 Å². The number of nitrogens with zero attached hydrogens (tertiary/aromatic N) is 3. The van der Waals surface area contributed by atoms with Crippen LogP contribution in [-0.2, 0) is 6.54 Å². The average Bonchev–Trinajstić information content (AvgIpc) is 2.89. The Kier molecular flexibility index (Phi) is 3.36. The molecule has 2 heterocycles. The second kappa shape index (κ2) is 5.12. The average molecular weight is 250 g/mol. The summed E-state index contributed by atoms with van der Waals surface area (Å²) < 4.78 is 1.97. The van der Waals surface area contributed by atoms with E-state index in [1.807, 2.05) is 34.9 Å². The fourth-order valence-electron chi connectivity index (χ4n) is 2.07. The van der Waals surface area contributed by atoms with E-state index in [9.17, 15) is 0 Å². The Bertz CT molecular complexity index is 383. The molecule has 2 aliphatic rings. The van der Waals surface area contributed by atoms with E-state index < -0.39 is 0 Å². The number of aryl methyl sites for hydroxylation is 1. The first-order valence-electron chi connectivity index (χ1n) is 6.34. The molecule has 5 heteroatoms. The first-order chi connectivity index (χ1) is 8.42. The summed E-state index contributed by atoms with van der Waals surface area (Å²) >= 11 is 1.95. The van der Waals surface area contributed by atoms with Crippen molar-refractivity contribution in [1.29, 1.82) is 0 Å². The van der Waals surface area contributed by atoms with Crippen molar-refractivity contribution in [3.63, 3.8) is 0 Å². The van der Waals surface area contributed by atoms with Gasteiger partial charge in [0.1, 0.15) is 0 Å². The largest absolute Gasteiger partial charge is 0.365 e. The molecule has 1 N–H and O–H groups in total. The predicted molar refractivity (Wildman–Crippen MR) is 71.3 cm³/mol. The molecule has 17 heavy (non-hydrogen) atoms. The Balaban J connectivity index is 1.32. The van der Waals surface area contributed by atoms with Crippen molar-refractivity contribution in [2.24, 2.45) is 10.9 Å². The maximum Gasteiger partial charge on any atom is 0.156 e. The summed E-state index contributed by atoms with van der Waals surface area (Å²) in [6.45, 7) is 2.99. The number of amidine groups is 1. The summed E-state index contributed by atoms with van der Waals surface area (Å²) in [5.41, 5.74) is 0. The number of nitrogens with one attached hydrogen (secondary N) is 1. The number of rotatable bonds is 5. The summed E-state index contributed by atoms with van der Waals surface area (Å²) in [5, 5.41) is 9.53. The number of hydrogen-bond acceptors (Lipinski definition) is 4. The molecule has 0 aromatic carbocycles. The fraction of sp³-hybridized carbons (Fsp3) is 0.667. The molecule has 1 aromatic rings. The van der Waals surface area contributed by atoms with Gasteiger partial charge in [0, 0.05) is 30.7 Å². The Morgan fingerprint density at radius 3 is 3.18 bits per heavy atom. The third-order valence-electron chi connectivity index (χ3n) is 3.23. The molecule has 1 aliphatic heterocycles. The smallest absolute Gasteiger partial charge is 0.156 e. The van der Waals surface area contributed by atoms with E-state index in [1.54, 1.807) is 0 Å². The molecule has 1 unspecified atom stereocenters. The lowest BCUT2D eigenvalue weighted by molar-refractivity contribution is 0.574. The van der Waals surface area contributed by atoms with Gasteiger partial charge in [-0.2, -0.15) is 5.10 Å². The highest BCUT2D eigenvalue weighted by atomic mass is 32.2. The molecule has 0 radical (unpaired) electrons. The van der Waals surface area contributed by atoms with Gasteiger partial charge in [-0.25, -0.2) is 0 Å². The van der Waals surface area contributed by atoms with Gasteiger partial charge >= 0.3 is 0 Å². The lowest BCUT2D eigenvalue weighted by atomic mass is 10.3. The van der Waals surface area contributed by atoms with Crippen molar-refractivity contribution in [2.75, 3.05) is 13.1 Å². The quantitative estimate of drug-likeness (QED) is 0.810. The van der Waals surface area contributed by atoms with Crippen LogP contribution in [-0.4, -0.2) is 33.3 Å². The molecule has 0 spiro atoms. The standard InChI is InChI=1S/C12H18N4S/c1(7-16-8-2-6-15-16)5-13-12-14-9-11(17-12)10-3-4-10/h2,6,8,10-11H,1,3-5,7,9H2,(H,13,14). The van der Waals surface area contributed by atoms with Crippen LogP contribution in [0.3, 0.4) is 0 Å². The topological polar surface area (TPSA) is 42.2 Å². The van der Waals surface area contributed by atoms with E-state index in [1.165, 1.54) is 12.8 Å². The van der Waals surface area contributed by atoms with Crippen LogP contribution in [0.1, 0.15) is 19.3 Å². The zero-order chi connectivity index (χ0) is 11.5. The lowest BCUT2D eigenvalue weighted by Gasteiger charge is -2.07. The molecule has 0 amide bonds. The Labute approximate surface area is 106 Å². The first kappa shape index (κ1) is 11.1. The van der Waals surface area contributed by atoms with Crippen molar-refractivity contribution in [3.8, 4) is 0 Å². The van der Waals surface area contributed by atoms with E-state index in [-0.39, 0.29) is 0 Å². The molecule has 92 valence electrons. The number of hydrogen-bond donors (Lipinski definition) is 1. The number of thioether (sulfide) groups is 1. The molecule has 0 bridgehead atoms. The molecule has 3 rings (SSSR count). The summed E-state index contributed by atoms with van der Waals surface area (Å²) in [5.74, 6) is 0.951. The van der Waals surface area contributed by atoms with Gasteiger partial charge in [-0.15, -0.1) is 0 Å². The van der Waals surface area contributed by atoms with E-state index >= 15 is 0 Å². The van der Waals surface area contributed by atoms with Crippen LogP contribution in [0.4, 0.5) is 0 Å². The molecule has 1 aromatic heterocycles. The number of aliphatic imine (C=N–C) groups is 1. The number of aromatic nitrogens is 2. The monoisotopic (exact) mass is 250 g/mol. The van der Waals surface area contributed by atoms with Gasteiger partial charge in [0.2, 0.25) is 0 Å². The first-order valence-corrected chi connectivity index (χ1v) is 7.22. The van der Waals surface area contributed by atoms with Crippen molar-refractivity contribution in [3.05, 3.63) is 18.5 Å². The highest BCUT2D eigenvalue weighted by Crippen LogP contribution is 2.41. The van der Waals surface area contributed by atoms with E-state index in [2.05, 4.69) is 15.4 Å². The van der Waals surface area contributed by atoms with Crippen molar-refractivity contribution in [1.82, 2.24) is 15.1 Å². The maximum atomic E-state index is 4.56. The molecule has 1 fully saturated rings. The summed E-state index contributed by atoms with van der Waals surface area (Å²) in [6, 6.07) is 1.96. The zero-order valence-electron chi connectivity index (χ0n) is 9.88. The Morgan fingerprint density at radius 2 is 2.41 bits per heavy atom. The minimum absolute atomic E-state index is 0.767. The summed E-state index contributed by atoms with van der Waals surface area (Å²) in [4.78, 5) is 4.56. The van der Waals surface area contributed by atoms with E-state index in [4.69, 9.17) is 0 Å². The van der Waals surface area contributed by atoms with Gasteiger partial charge in [0.15, 0.2) is 5.17 Å². The molecular formula is C12H18N4S. The van der Waals surface area contributed by atoms with Gasteiger partial charge < -0.3 is 5.32 Å². The molecular weight excluding hydrogens is 232 g/mol. The van der Waals surface area contributed by atoms with Crippen LogP contribution in [0.15, 0.2) is 23.5 Å². The molecule has 0 saturated heterocycles. The normalized spacial score (nSPS) is 23.8. The van der Waals surface area contributed by atoms with Gasteiger partial charge in [0.25, 0.3) is 0 Å². The van der Waals surface area contributed by atoms with Crippen molar-refractivity contribution >= 4 is 16.9 Å². The zero-order valence-corrected chi connectivity index (χ0v) is 10.7.